The zero-order valence-corrected chi connectivity index (χ0v) is 10.3. The summed E-state index contributed by atoms with van der Waals surface area (Å²) in [4.78, 5) is 11.8. The fourth-order valence-electron chi connectivity index (χ4n) is 1.59. The molecule has 2 rings (SSSR count). The van der Waals surface area contributed by atoms with Crippen LogP contribution in [-0.4, -0.2) is 21.3 Å². The average molecular weight is 249 g/mol. The van der Waals surface area contributed by atoms with Gasteiger partial charge in [-0.05, 0) is 13.3 Å². The van der Waals surface area contributed by atoms with E-state index in [1.54, 1.807) is 13.0 Å². The Bertz CT molecular complexity index is 558. The number of carbonyl (C=O) groups is 1. The molecule has 7 heteroatoms. The summed E-state index contributed by atoms with van der Waals surface area (Å²) in [5, 5.41) is 13.1. The van der Waals surface area contributed by atoms with Crippen molar-refractivity contribution < 1.29 is 9.32 Å². The highest BCUT2D eigenvalue weighted by atomic mass is 16.5. The van der Waals surface area contributed by atoms with Crippen LogP contribution in [0.2, 0.25) is 0 Å². The average Bonchev–Trinajstić information content (AvgIpc) is 2.92. The number of hydrogen-bond acceptors (Lipinski definition) is 5. The number of H-pyrrole nitrogens is 1. The molecule has 0 fully saturated rings. The quantitative estimate of drug-likeness (QED) is 0.741. The van der Waals surface area contributed by atoms with Gasteiger partial charge in [-0.15, -0.1) is 0 Å². The van der Waals surface area contributed by atoms with E-state index in [9.17, 15) is 4.79 Å². The molecule has 18 heavy (non-hydrogen) atoms. The molecule has 0 atom stereocenters. The second-order valence-corrected chi connectivity index (χ2v) is 3.93. The number of aromatic nitrogens is 3. The monoisotopic (exact) mass is 249 g/mol. The van der Waals surface area contributed by atoms with Crippen molar-refractivity contribution >= 4 is 11.6 Å². The summed E-state index contributed by atoms with van der Waals surface area (Å²) < 4.78 is 4.90. The van der Waals surface area contributed by atoms with Crippen molar-refractivity contribution in [2.75, 3.05) is 5.73 Å². The summed E-state index contributed by atoms with van der Waals surface area (Å²) in [6.07, 6.45) is 0.703. The summed E-state index contributed by atoms with van der Waals surface area (Å²) >= 11 is 0. The third-order valence-electron chi connectivity index (χ3n) is 2.56. The highest BCUT2D eigenvalue weighted by Gasteiger charge is 2.16. The molecule has 0 radical (unpaired) electrons. The van der Waals surface area contributed by atoms with Crippen molar-refractivity contribution in [1.29, 1.82) is 0 Å². The molecule has 0 saturated carbocycles. The maximum atomic E-state index is 11.8. The Balaban J connectivity index is 2.01. The van der Waals surface area contributed by atoms with Crippen LogP contribution in [0.3, 0.4) is 0 Å². The summed E-state index contributed by atoms with van der Waals surface area (Å²) in [5.41, 5.74) is 7.83. The zero-order chi connectivity index (χ0) is 13.1. The largest absolute Gasteiger partial charge is 0.395 e. The minimum Gasteiger partial charge on any atom is -0.395 e. The van der Waals surface area contributed by atoms with Crippen LogP contribution in [0.5, 0.6) is 0 Å². The van der Waals surface area contributed by atoms with Crippen molar-refractivity contribution in [3.8, 4) is 0 Å². The number of aromatic amines is 1. The van der Waals surface area contributed by atoms with Crippen molar-refractivity contribution in [1.82, 2.24) is 20.7 Å². The molecule has 2 aromatic heterocycles. The normalized spacial score (nSPS) is 10.6. The summed E-state index contributed by atoms with van der Waals surface area (Å²) in [5.74, 6) is 0.371. The second-order valence-electron chi connectivity index (χ2n) is 3.93. The number of anilines is 1. The minimum absolute atomic E-state index is 0.215. The molecule has 96 valence electrons. The van der Waals surface area contributed by atoms with Crippen molar-refractivity contribution in [2.45, 2.75) is 26.8 Å². The first-order chi connectivity index (χ1) is 8.61. The predicted octanol–water partition coefficient (Wildman–Crippen LogP) is 0.781. The van der Waals surface area contributed by atoms with E-state index in [1.165, 1.54) is 0 Å². The molecule has 0 aliphatic rings. The molecule has 0 spiro atoms. The highest BCUT2D eigenvalue weighted by Crippen LogP contribution is 2.14. The van der Waals surface area contributed by atoms with Gasteiger partial charge in [0, 0.05) is 6.07 Å². The third kappa shape index (κ3) is 2.34. The Morgan fingerprint density at radius 3 is 2.94 bits per heavy atom. The molecule has 0 aliphatic carbocycles. The van der Waals surface area contributed by atoms with Gasteiger partial charge in [-0.25, -0.2) is 0 Å². The molecular formula is C11H15N5O2. The number of hydrogen-bond donors (Lipinski definition) is 3. The van der Waals surface area contributed by atoms with E-state index >= 15 is 0 Å². The minimum atomic E-state index is -0.330. The molecular weight excluding hydrogens is 234 g/mol. The summed E-state index contributed by atoms with van der Waals surface area (Å²) in [6, 6.07) is 1.76. The Labute approximate surface area is 104 Å². The Hall–Kier alpha value is -2.31. The van der Waals surface area contributed by atoms with Crippen molar-refractivity contribution in [3.05, 3.63) is 28.9 Å². The number of rotatable bonds is 4. The second kappa shape index (κ2) is 4.91. The van der Waals surface area contributed by atoms with Gasteiger partial charge in [0.15, 0.2) is 5.69 Å². The maximum absolute atomic E-state index is 11.8. The molecule has 0 saturated heterocycles. The number of nitrogens with zero attached hydrogens (tertiary/aromatic N) is 2. The van der Waals surface area contributed by atoms with Crippen molar-refractivity contribution in [3.63, 3.8) is 0 Å². The lowest BCUT2D eigenvalue weighted by atomic mass is 10.2. The molecule has 0 unspecified atom stereocenters. The first kappa shape index (κ1) is 12.2. The van der Waals surface area contributed by atoms with Crippen LogP contribution in [-0.2, 0) is 13.0 Å². The van der Waals surface area contributed by atoms with Gasteiger partial charge in [-0.1, -0.05) is 12.1 Å². The van der Waals surface area contributed by atoms with Gasteiger partial charge < -0.3 is 15.6 Å². The zero-order valence-electron chi connectivity index (χ0n) is 10.3. The van der Waals surface area contributed by atoms with Crippen molar-refractivity contribution in [2.24, 2.45) is 0 Å². The van der Waals surface area contributed by atoms with Gasteiger partial charge >= 0.3 is 0 Å². The number of nitrogen functional groups attached to an aromatic ring is 1. The summed E-state index contributed by atoms with van der Waals surface area (Å²) in [7, 11) is 0. The maximum Gasteiger partial charge on any atom is 0.274 e. The van der Waals surface area contributed by atoms with Gasteiger partial charge in [0.05, 0.1) is 17.9 Å². The number of carbonyl (C=O) groups excluding carboxylic acids is 1. The van der Waals surface area contributed by atoms with E-state index in [4.69, 9.17) is 10.3 Å². The predicted molar refractivity (Wildman–Crippen MR) is 64.8 cm³/mol. The molecule has 1 amide bonds. The fraction of sp³-hybridized carbons (Fsp3) is 0.364. The summed E-state index contributed by atoms with van der Waals surface area (Å²) in [6.45, 7) is 4.01. The molecule has 4 N–H and O–H groups in total. The van der Waals surface area contributed by atoms with E-state index < -0.39 is 0 Å². The molecule has 7 nitrogen and oxygen atoms in total. The van der Waals surface area contributed by atoms with Gasteiger partial charge in [-0.2, -0.15) is 5.10 Å². The first-order valence-electron chi connectivity index (χ1n) is 5.65. The molecule has 0 aliphatic heterocycles. The highest BCUT2D eigenvalue weighted by molar-refractivity contribution is 5.97. The number of amides is 1. The smallest absolute Gasteiger partial charge is 0.274 e. The number of nitrogens with one attached hydrogen (secondary N) is 2. The number of nitrogens with two attached hydrogens (primary N) is 1. The number of aryl methyl sites for hydroxylation is 2. The van der Waals surface area contributed by atoms with E-state index in [2.05, 4.69) is 20.7 Å². The van der Waals surface area contributed by atoms with Gasteiger partial charge in [0.2, 0.25) is 0 Å². The third-order valence-corrected chi connectivity index (χ3v) is 2.56. The molecule has 0 bridgehead atoms. The lowest BCUT2D eigenvalue weighted by molar-refractivity contribution is 0.0946. The van der Waals surface area contributed by atoms with Crippen LogP contribution in [0.25, 0.3) is 0 Å². The molecule has 2 aromatic rings. The first-order valence-corrected chi connectivity index (χ1v) is 5.65. The fourth-order valence-corrected chi connectivity index (χ4v) is 1.59. The van der Waals surface area contributed by atoms with Crippen LogP contribution in [0, 0.1) is 6.92 Å². The lowest BCUT2D eigenvalue weighted by Gasteiger charge is -2.00. The Kier molecular flexibility index (Phi) is 3.31. The lowest BCUT2D eigenvalue weighted by Crippen LogP contribution is -2.24. The van der Waals surface area contributed by atoms with Gasteiger partial charge in [0.1, 0.15) is 11.5 Å². The topological polar surface area (TPSA) is 110 Å². The molecule has 2 heterocycles. The molecule has 0 aromatic carbocycles. The van der Waals surface area contributed by atoms with E-state index in [0.717, 1.165) is 5.69 Å². The SMILES string of the molecule is CCc1[nH]nc(C(=O)NCc2cc(C)on2)c1N. The van der Waals surface area contributed by atoms with Gasteiger partial charge in [-0.3, -0.25) is 9.89 Å². The van der Waals surface area contributed by atoms with Crippen LogP contribution in [0.1, 0.15) is 34.6 Å². The standard InChI is InChI=1S/C11H15N5O2/c1-3-8-9(12)10(15-14-8)11(17)13-5-7-4-6(2)18-16-7/h4H,3,5,12H2,1-2H3,(H,13,17)(H,14,15). The van der Waals surface area contributed by atoms with E-state index in [-0.39, 0.29) is 18.1 Å². The van der Waals surface area contributed by atoms with Gasteiger partial charge in [0.25, 0.3) is 5.91 Å². The Morgan fingerprint density at radius 1 is 1.61 bits per heavy atom. The van der Waals surface area contributed by atoms with Crippen LogP contribution >= 0.6 is 0 Å². The van der Waals surface area contributed by atoms with Crippen LogP contribution < -0.4 is 11.1 Å². The Morgan fingerprint density at radius 2 is 2.39 bits per heavy atom. The van der Waals surface area contributed by atoms with E-state index in [1.807, 2.05) is 6.92 Å². The van der Waals surface area contributed by atoms with Crippen LogP contribution in [0.15, 0.2) is 10.6 Å². The van der Waals surface area contributed by atoms with Crippen LogP contribution in [0.4, 0.5) is 5.69 Å². The van der Waals surface area contributed by atoms with E-state index in [0.29, 0.717) is 23.6 Å².